The minimum Gasteiger partial charge on any atom is -0.494 e. The van der Waals surface area contributed by atoms with Crippen LogP contribution in [-0.4, -0.2) is 51.0 Å². The van der Waals surface area contributed by atoms with Crippen LogP contribution in [0.1, 0.15) is 39.6 Å². The van der Waals surface area contributed by atoms with E-state index in [1.54, 1.807) is 36.3 Å². The predicted molar refractivity (Wildman–Crippen MR) is 121 cm³/mol. The first-order valence-electron chi connectivity index (χ1n) is 9.98. The molecule has 0 bridgehead atoms. The standard InChI is InChI=1S/C23H27N3O3S/c1-15-7-12-19(29-5)20-21(15)30-23(24-20)26(14-6-13-25(3)4)22(28)18-10-8-17(9-11-18)16(2)27/h7-12H,6,13-14H2,1-5H3/p+1. The van der Waals surface area contributed by atoms with Gasteiger partial charge in [-0.15, -0.1) is 0 Å². The van der Waals surface area contributed by atoms with Crippen molar-refractivity contribution in [3.05, 3.63) is 53.1 Å². The highest BCUT2D eigenvalue weighted by Crippen LogP contribution is 2.36. The van der Waals surface area contributed by atoms with Crippen LogP contribution >= 0.6 is 11.3 Å². The number of carbonyl (C=O) groups excluding carboxylic acids is 2. The zero-order chi connectivity index (χ0) is 21.8. The van der Waals surface area contributed by atoms with E-state index in [0.717, 1.165) is 28.7 Å². The molecule has 6 nitrogen and oxygen atoms in total. The monoisotopic (exact) mass is 426 g/mol. The highest BCUT2D eigenvalue weighted by atomic mass is 32.1. The molecule has 0 fully saturated rings. The Morgan fingerprint density at radius 3 is 2.37 bits per heavy atom. The molecule has 0 aliphatic rings. The average Bonchev–Trinajstić information content (AvgIpc) is 3.17. The molecule has 30 heavy (non-hydrogen) atoms. The molecule has 1 heterocycles. The highest BCUT2D eigenvalue weighted by molar-refractivity contribution is 7.22. The summed E-state index contributed by atoms with van der Waals surface area (Å²) in [5.41, 5.74) is 3.01. The van der Waals surface area contributed by atoms with Crippen molar-refractivity contribution in [1.29, 1.82) is 0 Å². The number of Topliss-reactive ketones (excluding diaryl/α,β-unsaturated/α-hetero) is 1. The summed E-state index contributed by atoms with van der Waals surface area (Å²) >= 11 is 1.50. The SMILES string of the molecule is COc1ccc(C)c2sc(N(CCC[NH+](C)C)C(=O)c3ccc(C(C)=O)cc3)nc12. The Bertz CT molecular complexity index is 1060. The first-order chi connectivity index (χ1) is 14.3. The number of aryl methyl sites for hydroxylation is 1. The minimum atomic E-state index is -0.116. The van der Waals surface area contributed by atoms with Gasteiger partial charge in [-0.1, -0.05) is 29.5 Å². The van der Waals surface area contributed by atoms with Gasteiger partial charge in [0.2, 0.25) is 0 Å². The second-order valence-electron chi connectivity index (χ2n) is 7.66. The van der Waals surface area contributed by atoms with Gasteiger partial charge in [-0.05, 0) is 37.6 Å². The van der Waals surface area contributed by atoms with Crippen molar-refractivity contribution >= 4 is 38.4 Å². The Morgan fingerprint density at radius 1 is 1.10 bits per heavy atom. The van der Waals surface area contributed by atoms with Gasteiger partial charge in [0.15, 0.2) is 10.9 Å². The molecule has 0 aliphatic carbocycles. The Hall–Kier alpha value is -2.77. The summed E-state index contributed by atoms with van der Waals surface area (Å²) in [6.07, 6.45) is 0.853. The van der Waals surface area contributed by atoms with Crippen LogP contribution in [0.4, 0.5) is 5.13 Å². The van der Waals surface area contributed by atoms with E-state index >= 15 is 0 Å². The number of carbonyl (C=O) groups is 2. The van der Waals surface area contributed by atoms with Gasteiger partial charge in [-0.25, -0.2) is 4.98 Å². The Morgan fingerprint density at radius 2 is 1.77 bits per heavy atom. The lowest BCUT2D eigenvalue weighted by atomic mass is 10.1. The van der Waals surface area contributed by atoms with Crippen LogP contribution in [0, 0.1) is 6.92 Å². The van der Waals surface area contributed by atoms with E-state index in [-0.39, 0.29) is 11.7 Å². The van der Waals surface area contributed by atoms with E-state index in [1.807, 2.05) is 19.1 Å². The first-order valence-corrected chi connectivity index (χ1v) is 10.8. The number of nitrogens with one attached hydrogen (secondary N) is 1. The number of amides is 1. The van der Waals surface area contributed by atoms with E-state index in [2.05, 4.69) is 14.1 Å². The van der Waals surface area contributed by atoms with Crippen molar-refractivity contribution in [2.24, 2.45) is 0 Å². The van der Waals surface area contributed by atoms with Gasteiger partial charge in [0, 0.05) is 24.1 Å². The zero-order valence-corrected chi connectivity index (χ0v) is 18.9. The Kier molecular flexibility index (Phi) is 6.84. The molecule has 158 valence electrons. The number of methoxy groups -OCH3 is 1. The fourth-order valence-corrected chi connectivity index (χ4v) is 4.33. The molecule has 0 unspecified atom stereocenters. The number of benzene rings is 2. The molecule has 1 N–H and O–H groups in total. The predicted octanol–water partition coefficient (Wildman–Crippen LogP) is 3.00. The third kappa shape index (κ3) is 4.68. The van der Waals surface area contributed by atoms with E-state index in [4.69, 9.17) is 9.72 Å². The molecule has 0 aliphatic heterocycles. The number of ketones is 1. The molecule has 0 atom stereocenters. The van der Waals surface area contributed by atoms with E-state index in [1.165, 1.54) is 23.2 Å². The summed E-state index contributed by atoms with van der Waals surface area (Å²) in [5.74, 6) is 0.567. The van der Waals surface area contributed by atoms with E-state index < -0.39 is 0 Å². The molecular formula is C23H28N3O3S+. The second-order valence-corrected chi connectivity index (χ2v) is 8.64. The average molecular weight is 427 g/mol. The molecule has 1 amide bonds. The van der Waals surface area contributed by atoms with E-state index in [0.29, 0.717) is 28.6 Å². The molecule has 0 saturated heterocycles. The van der Waals surface area contributed by atoms with Crippen LogP contribution < -0.4 is 14.5 Å². The molecule has 7 heteroatoms. The third-order valence-electron chi connectivity index (χ3n) is 4.98. The number of quaternary nitrogens is 1. The number of hydrogen-bond donors (Lipinski definition) is 1. The van der Waals surface area contributed by atoms with Gasteiger partial charge < -0.3 is 9.64 Å². The highest BCUT2D eigenvalue weighted by Gasteiger charge is 2.23. The zero-order valence-electron chi connectivity index (χ0n) is 18.1. The summed E-state index contributed by atoms with van der Waals surface area (Å²) < 4.78 is 6.49. The molecule has 2 aromatic carbocycles. The summed E-state index contributed by atoms with van der Waals surface area (Å²) in [4.78, 5) is 32.8. The van der Waals surface area contributed by atoms with Crippen molar-refractivity contribution in [2.75, 3.05) is 39.2 Å². The van der Waals surface area contributed by atoms with Crippen molar-refractivity contribution in [3.63, 3.8) is 0 Å². The number of anilines is 1. The van der Waals surface area contributed by atoms with Crippen molar-refractivity contribution < 1.29 is 19.2 Å². The fraction of sp³-hybridized carbons (Fsp3) is 0.348. The Balaban J connectivity index is 1.99. The summed E-state index contributed by atoms with van der Waals surface area (Å²) in [6.45, 7) is 5.06. The largest absolute Gasteiger partial charge is 0.494 e. The van der Waals surface area contributed by atoms with Gasteiger partial charge >= 0.3 is 0 Å². The number of aromatic nitrogens is 1. The normalized spacial score (nSPS) is 11.1. The number of rotatable bonds is 8. The number of hydrogen-bond acceptors (Lipinski definition) is 5. The maximum Gasteiger partial charge on any atom is 0.260 e. The van der Waals surface area contributed by atoms with E-state index in [9.17, 15) is 9.59 Å². The van der Waals surface area contributed by atoms with Crippen LogP contribution in [0.5, 0.6) is 5.75 Å². The minimum absolute atomic E-state index is 0.0199. The second kappa shape index (κ2) is 9.36. The first kappa shape index (κ1) is 21.9. The quantitative estimate of drug-likeness (QED) is 0.563. The molecule has 0 spiro atoms. The fourth-order valence-electron chi connectivity index (χ4n) is 3.26. The maximum atomic E-state index is 13.4. The molecule has 0 saturated carbocycles. The van der Waals surface area contributed by atoms with Crippen LogP contribution in [-0.2, 0) is 0 Å². The van der Waals surface area contributed by atoms with Gasteiger partial charge in [-0.2, -0.15) is 0 Å². The van der Waals surface area contributed by atoms with Crippen LogP contribution in [0.2, 0.25) is 0 Å². The molecular weight excluding hydrogens is 398 g/mol. The van der Waals surface area contributed by atoms with Crippen molar-refractivity contribution in [1.82, 2.24) is 4.98 Å². The third-order valence-corrected chi connectivity index (χ3v) is 6.20. The Labute approximate surface area is 181 Å². The molecule has 0 radical (unpaired) electrons. The summed E-state index contributed by atoms with van der Waals surface area (Å²) in [6, 6.07) is 10.7. The number of nitrogens with zero attached hydrogens (tertiary/aromatic N) is 2. The van der Waals surface area contributed by atoms with Crippen LogP contribution in [0.3, 0.4) is 0 Å². The van der Waals surface area contributed by atoms with Crippen LogP contribution in [0.15, 0.2) is 36.4 Å². The van der Waals surface area contributed by atoms with Gasteiger partial charge in [-0.3, -0.25) is 14.5 Å². The summed E-state index contributed by atoms with van der Waals surface area (Å²) in [5, 5.41) is 0.659. The topological polar surface area (TPSA) is 63.9 Å². The number of ether oxygens (including phenoxy) is 1. The van der Waals surface area contributed by atoms with Gasteiger partial charge in [0.1, 0.15) is 11.3 Å². The lowest BCUT2D eigenvalue weighted by Crippen LogP contribution is -3.05. The van der Waals surface area contributed by atoms with Crippen molar-refractivity contribution in [3.8, 4) is 5.75 Å². The summed E-state index contributed by atoms with van der Waals surface area (Å²) in [7, 11) is 5.82. The smallest absolute Gasteiger partial charge is 0.260 e. The molecule has 1 aromatic heterocycles. The van der Waals surface area contributed by atoms with Gasteiger partial charge in [0.05, 0.1) is 32.4 Å². The number of fused-ring (bicyclic) bond motifs is 1. The molecule has 3 aromatic rings. The number of thiazole rings is 1. The van der Waals surface area contributed by atoms with Crippen LogP contribution in [0.25, 0.3) is 10.2 Å². The molecule has 3 rings (SSSR count). The van der Waals surface area contributed by atoms with Crippen molar-refractivity contribution in [2.45, 2.75) is 20.3 Å². The lowest BCUT2D eigenvalue weighted by Gasteiger charge is -2.20. The maximum absolute atomic E-state index is 13.4. The van der Waals surface area contributed by atoms with Gasteiger partial charge in [0.25, 0.3) is 5.91 Å². The lowest BCUT2D eigenvalue weighted by molar-refractivity contribution is -0.858.